The Hall–Kier alpha value is -4.03. The molecule has 0 aliphatic heterocycles. The van der Waals surface area contributed by atoms with Crippen LogP contribution in [0.5, 0.6) is 5.75 Å². The molecule has 9 heteroatoms. The summed E-state index contributed by atoms with van der Waals surface area (Å²) in [5.41, 5.74) is 0.898. The van der Waals surface area contributed by atoms with Crippen molar-refractivity contribution >= 4 is 23.6 Å². The number of hydrogen-bond acceptors (Lipinski definition) is 6. The number of alkyl carbamates (subject to hydrolysis) is 1. The lowest BCUT2D eigenvalue weighted by atomic mass is 10.0. The molecule has 0 heterocycles. The number of hydrogen-bond donors (Lipinski definition) is 3. The van der Waals surface area contributed by atoms with Gasteiger partial charge in [0.2, 0.25) is 5.91 Å². The van der Waals surface area contributed by atoms with Gasteiger partial charge < -0.3 is 30.1 Å². The zero-order valence-corrected chi connectivity index (χ0v) is 21.5. The topological polar surface area (TPSA) is 117 Å². The summed E-state index contributed by atoms with van der Waals surface area (Å²) >= 11 is 0. The third-order valence-corrected chi connectivity index (χ3v) is 5.64. The fourth-order valence-corrected chi connectivity index (χ4v) is 3.77. The highest BCUT2D eigenvalue weighted by Crippen LogP contribution is 2.36. The van der Waals surface area contributed by atoms with Gasteiger partial charge in [-0.3, -0.25) is 9.59 Å². The van der Waals surface area contributed by atoms with Gasteiger partial charge in [-0.15, -0.1) is 6.42 Å². The molecule has 3 rings (SSSR count). The van der Waals surface area contributed by atoms with Crippen molar-refractivity contribution in [3.63, 3.8) is 0 Å². The van der Waals surface area contributed by atoms with Gasteiger partial charge in [0, 0.05) is 17.3 Å². The summed E-state index contributed by atoms with van der Waals surface area (Å²) in [5.74, 6) is 2.13. The first-order valence-corrected chi connectivity index (χ1v) is 12.0. The van der Waals surface area contributed by atoms with Crippen LogP contribution in [0, 0.1) is 12.3 Å². The fraction of sp³-hybridized carbons (Fsp3) is 0.393. The van der Waals surface area contributed by atoms with Gasteiger partial charge in [-0.2, -0.15) is 0 Å². The Labute approximate surface area is 217 Å². The molecule has 0 radical (unpaired) electrons. The van der Waals surface area contributed by atoms with Crippen molar-refractivity contribution in [2.75, 3.05) is 19.0 Å². The predicted octanol–water partition coefficient (Wildman–Crippen LogP) is 3.23. The molecule has 2 aromatic rings. The lowest BCUT2D eigenvalue weighted by molar-refractivity contribution is -0.142. The maximum atomic E-state index is 13.7. The molecule has 0 aromatic heterocycles. The number of anilines is 1. The average Bonchev–Trinajstić information content (AvgIpc) is 3.70. The van der Waals surface area contributed by atoms with Crippen LogP contribution in [0.3, 0.4) is 0 Å². The van der Waals surface area contributed by atoms with Crippen molar-refractivity contribution < 1.29 is 29.0 Å². The number of aliphatic hydroxyl groups excluding tert-OH is 1. The Morgan fingerprint density at radius 1 is 1.11 bits per heavy atom. The predicted molar refractivity (Wildman–Crippen MR) is 139 cm³/mol. The molecule has 0 bridgehead atoms. The third-order valence-electron chi connectivity index (χ3n) is 5.64. The van der Waals surface area contributed by atoms with Crippen LogP contribution < -0.4 is 15.4 Å². The number of benzene rings is 2. The van der Waals surface area contributed by atoms with Crippen LogP contribution in [0.15, 0.2) is 48.5 Å². The highest BCUT2D eigenvalue weighted by atomic mass is 16.6. The maximum absolute atomic E-state index is 13.7. The molecule has 1 aliphatic carbocycles. The van der Waals surface area contributed by atoms with Crippen molar-refractivity contribution in [3.8, 4) is 18.1 Å². The van der Waals surface area contributed by atoms with E-state index in [4.69, 9.17) is 15.9 Å². The largest absolute Gasteiger partial charge is 0.497 e. The second kappa shape index (κ2) is 11.8. The molecule has 3 amide bonds. The lowest BCUT2D eigenvalue weighted by Gasteiger charge is -2.34. The Morgan fingerprint density at radius 2 is 1.73 bits per heavy atom. The number of carbonyl (C=O) groups excluding carboxylic acids is 3. The molecule has 2 unspecified atom stereocenters. The first-order valence-electron chi connectivity index (χ1n) is 12.0. The summed E-state index contributed by atoms with van der Waals surface area (Å²) in [7, 11) is 1.55. The number of amides is 3. The Balaban J connectivity index is 1.94. The van der Waals surface area contributed by atoms with Crippen LogP contribution in [0.1, 0.15) is 50.8 Å². The second-order valence-corrected chi connectivity index (χ2v) is 9.74. The van der Waals surface area contributed by atoms with Crippen LogP contribution in [0.4, 0.5) is 10.5 Å². The van der Waals surface area contributed by atoms with E-state index in [0.717, 1.165) is 0 Å². The first-order chi connectivity index (χ1) is 17.6. The Morgan fingerprint density at radius 3 is 2.22 bits per heavy atom. The van der Waals surface area contributed by atoms with E-state index in [1.807, 2.05) is 0 Å². The first kappa shape index (κ1) is 27.6. The molecule has 1 fully saturated rings. The summed E-state index contributed by atoms with van der Waals surface area (Å²) in [5, 5.41) is 15.3. The van der Waals surface area contributed by atoms with Gasteiger partial charge in [-0.1, -0.05) is 18.1 Å². The van der Waals surface area contributed by atoms with Gasteiger partial charge in [-0.05, 0) is 75.6 Å². The quantitative estimate of drug-likeness (QED) is 0.449. The number of nitrogens with one attached hydrogen (secondary N) is 2. The van der Waals surface area contributed by atoms with E-state index >= 15 is 0 Å². The van der Waals surface area contributed by atoms with Crippen LogP contribution in [0.25, 0.3) is 0 Å². The highest BCUT2D eigenvalue weighted by molar-refractivity contribution is 5.99. The molecular formula is C28H33N3O6. The monoisotopic (exact) mass is 507 g/mol. The molecule has 0 saturated heterocycles. The number of methoxy groups -OCH3 is 1. The minimum absolute atomic E-state index is 0.235. The number of rotatable bonds is 9. The molecule has 9 nitrogen and oxygen atoms in total. The summed E-state index contributed by atoms with van der Waals surface area (Å²) in [4.78, 5) is 41.2. The third kappa shape index (κ3) is 7.48. The van der Waals surface area contributed by atoms with Crippen LogP contribution in [-0.4, -0.2) is 59.3 Å². The minimum Gasteiger partial charge on any atom is -0.497 e. The Kier molecular flexibility index (Phi) is 8.79. The fourth-order valence-electron chi connectivity index (χ4n) is 3.77. The van der Waals surface area contributed by atoms with Crippen molar-refractivity contribution in [2.24, 2.45) is 0 Å². The maximum Gasteiger partial charge on any atom is 0.408 e. The second-order valence-electron chi connectivity index (χ2n) is 9.74. The van der Waals surface area contributed by atoms with Crippen molar-refractivity contribution in [1.82, 2.24) is 10.2 Å². The molecule has 196 valence electrons. The van der Waals surface area contributed by atoms with Crippen LogP contribution in [-0.2, 0) is 14.3 Å². The van der Waals surface area contributed by atoms with E-state index in [0.29, 0.717) is 35.4 Å². The van der Waals surface area contributed by atoms with Gasteiger partial charge in [0.05, 0.1) is 13.7 Å². The molecule has 1 saturated carbocycles. The molecule has 1 aliphatic rings. The molecule has 0 spiro atoms. The van der Waals surface area contributed by atoms with Crippen molar-refractivity contribution in [1.29, 1.82) is 0 Å². The van der Waals surface area contributed by atoms with E-state index in [2.05, 4.69) is 16.6 Å². The molecular weight excluding hydrogens is 474 g/mol. The van der Waals surface area contributed by atoms with Gasteiger partial charge in [0.25, 0.3) is 5.91 Å². The van der Waals surface area contributed by atoms with Gasteiger partial charge in [0.15, 0.2) is 0 Å². The zero-order valence-electron chi connectivity index (χ0n) is 21.5. The normalized spacial score (nSPS) is 14.5. The Bertz CT molecular complexity index is 1140. The summed E-state index contributed by atoms with van der Waals surface area (Å²) in [6, 6.07) is 11.0. The van der Waals surface area contributed by atoms with Crippen molar-refractivity contribution in [3.05, 3.63) is 59.7 Å². The summed E-state index contributed by atoms with van der Waals surface area (Å²) in [6.07, 6.45) is 6.02. The van der Waals surface area contributed by atoms with Gasteiger partial charge >= 0.3 is 6.09 Å². The summed E-state index contributed by atoms with van der Waals surface area (Å²) < 4.78 is 10.4. The number of carbonyl (C=O) groups is 3. The average molecular weight is 508 g/mol. The zero-order chi connectivity index (χ0) is 27.2. The standard InChI is InChI=1S/C28H33N3O6/c1-6-18-7-9-19(10-8-18)24(25(33)29-20-11-15-22(36-5)16-12-20)31(21-13-14-21)26(34)23(17-32)30-27(35)37-28(2,3)4/h1,7-12,15-16,21,23-24,32H,13-14,17H2,2-5H3,(H,29,33)(H,30,35). The summed E-state index contributed by atoms with van der Waals surface area (Å²) in [6.45, 7) is 4.42. The smallest absolute Gasteiger partial charge is 0.408 e. The minimum atomic E-state index is -1.29. The van der Waals surface area contributed by atoms with E-state index in [9.17, 15) is 19.5 Å². The van der Waals surface area contributed by atoms with Gasteiger partial charge in [0.1, 0.15) is 23.4 Å². The SMILES string of the molecule is C#Cc1ccc(C(C(=O)Nc2ccc(OC)cc2)N(C(=O)C(CO)NC(=O)OC(C)(C)C)C2CC2)cc1. The number of aliphatic hydroxyl groups is 1. The number of terminal acetylenes is 1. The molecule has 37 heavy (non-hydrogen) atoms. The molecule has 3 N–H and O–H groups in total. The van der Waals surface area contributed by atoms with Crippen molar-refractivity contribution in [2.45, 2.75) is 57.3 Å². The van der Waals surface area contributed by atoms with Gasteiger partial charge in [-0.25, -0.2) is 4.79 Å². The van der Waals surface area contributed by atoms with E-state index < -0.39 is 42.2 Å². The van der Waals surface area contributed by atoms with Crippen LogP contribution >= 0.6 is 0 Å². The van der Waals surface area contributed by atoms with E-state index in [1.165, 1.54) is 4.90 Å². The molecule has 2 atom stereocenters. The van der Waals surface area contributed by atoms with E-state index in [-0.39, 0.29) is 6.04 Å². The highest BCUT2D eigenvalue weighted by Gasteiger charge is 2.44. The van der Waals surface area contributed by atoms with E-state index in [1.54, 1.807) is 76.4 Å². The number of nitrogens with zero attached hydrogens (tertiary/aromatic N) is 1. The molecule has 2 aromatic carbocycles. The van der Waals surface area contributed by atoms with Crippen LogP contribution in [0.2, 0.25) is 0 Å². The lowest BCUT2D eigenvalue weighted by Crippen LogP contribution is -2.54. The number of ether oxygens (including phenoxy) is 2.